The van der Waals surface area contributed by atoms with E-state index in [9.17, 15) is 4.79 Å². The van der Waals surface area contributed by atoms with Gasteiger partial charge in [0, 0.05) is 25.2 Å². The van der Waals surface area contributed by atoms with Crippen LogP contribution in [0.25, 0.3) is 5.69 Å². The van der Waals surface area contributed by atoms with Crippen LogP contribution >= 0.6 is 12.2 Å². The Bertz CT molecular complexity index is 666. The highest BCUT2D eigenvalue weighted by atomic mass is 32.1. The van der Waals surface area contributed by atoms with Crippen LogP contribution in [0.4, 0.5) is 5.69 Å². The fourth-order valence-electron chi connectivity index (χ4n) is 2.09. The number of tetrazole rings is 1. The predicted molar refractivity (Wildman–Crippen MR) is 81.3 cm³/mol. The first kappa shape index (κ1) is 15.2. The molecule has 0 unspecified atom stereocenters. The molecule has 0 amide bonds. The number of rotatable bonds is 7. The summed E-state index contributed by atoms with van der Waals surface area (Å²) in [6, 6.07) is 7.79. The van der Waals surface area contributed by atoms with E-state index in [1.807, 2.05) is 31.2 Å². The number of carbonyl (C=O) groups is 1. The second-order valence-electron chi connectivity index (χ2n) is 4.51. The van der Waals surface area contributed by atoms with Gasteiger partial charge in [-0.05, 0) is 43.8 Å². The third-order valence-corrected chi connectivity index (χ3v) is 3.39. The topological polar surface area (TPSA) is 87.0 Å². The molecule has 0 spiro atoms. The zero-order chi connectivity index (χ0) is 15.2. The minimum Gasteiger partial charge on any atom is -0.481 e. The van der Waals surface area contributed by atoms with E-state index < -0.39 is 5.97 Å². The molecule has 0 bridgehead atoms. The van der Waals surface area contributed by atoms with Crippen molar-refractivity contribution < 1.29 is 9.90 Å². The number of H-pyrrole nitrogens is 1. The molecule has 8 heteroatoms. The number of anilines is 1. The third kappa shape index (κ3) is 3.88. The number of hydrogen-bond acceptors (Lipinski definition) is 5. The quantitative estimate of drug-likeness (QED) is 0.761. The van der Waals surface area contributed by atoms with Crippen molar-refractivity contribution in [3.8, 4) is 5.69 Å². The fourth-order valence-corrected chi connectivity index (χ4v) is 2.27. The molecule has 0 aliphatic carbocycles. The van der Waals surface area contributed by atoms with E-state index in [0.29, 0.717) is 17.7 Å². The number of aromatic amines is 1. The van der Waals surface area contributed by atoms with Gasteiger partial charge in [0.05, 0.1) is 5.69 Å². The summed E-state index contributed by atoms with van der Waals surface area (Å²) in [7, 11) is 0. The number of benzene rings is 1. The maximum absolute atomic E-state index is 10.6. The van der Waals surface area contributed by atoms with Gasteiger partial charge in [-0.1, -0.05) is 16.4 Å². The summed E-state index contributed by atoms with van der Waals surface area (Å²) in [6.45, 7) is 3.53. The van der Waals surface area contributed by atoms with Crippen LogP contribution in [0.3, 0.4) is 0 Å². The Hall–Kier alpha value is -2.22. The first-order valence-corrected chi connectivity index (χ1v) is 7.10. The highest BCUT2D eigenvalue weighted by molar-refractivity contribution is 7.71. The van der Waals surface area contributed by atoms with E-state index in [4.69, 9.17) is 17.3 Å². The Balaban J connectivity index is 2.17. The molecule has 0 atom stereocenters. The number of carboxylic acid groups (broad SMARTS) is 1. The largest absolute Gasteiger partial charge is 0.481 e. The number of nitrogens with one attached hydrogen (secondary N) is 1. The van der Waals surface area contributed by atoms with Gasteiger partial charge in [0.25, 0.3) is 0 Å². The Morgan fingerprint density at radius 2 is 2.33 bits per heavy atom. The molecule has 21 heavy (non-hydrogen) atoms. The van der Waals surface area contributed by atoms with Crippen LogP contribution < -0.4 is 4.90 Å². The summed E-state index contributed by atoms with van der Waals surface area (Å²) in [6.07, 6.45) is 0.782. The van der Waals surface area contributed by atoms with E-state index in [1.165, 1.54) is 0 Å². The summed E-state index contributed by atoms with van der Waals surface area (Å²) in [5.74, 6) is -0.769. The van der Waals surface area contributed by atoms with Crippen molar-refractivity contribution in [3.05, 3.63) is 29.0 Å². The van der Waals surface area contributed by atoms with Gasteiger partial charge in [0.1, 0.15) is 0 Å². The molecule has 1 aromatic heterocycles. The summed E-state index contributed by atoms with van der Waals surface area (Å²) < 4.78 is 1.98. The van der Waals surface area contributed by atoms with Gasteiger partial charge in [-0.2, -0.15) is 5.21 Å². The Morgan fingerprint density at radius 3 is 2.95 bits per heavy atom. The van der Waals surface area contributed by atoms with Crippen molar-refractivity contribution in [2.24, 2.45) is 0 Å². The molecule has 0 saturated carbocycles. The molecular formula is C13H17N5O2S. The summed E-state index contributed by atoms with van der Waals surface area (Å²) in [4.78, 5) is 12.7. The highest BCUT2D eigenvalue weighted by Gasteiger charge is 2.08. The smallest absolute Gasteiger partial charge is 0.303 e. The number of aromatic nitrogens is 4. The summed E-state index contributed by atoms with van der Waals surface area (Å²) in [5, 5.41) is 18.9. The van der Waals surface area contributed by atoms with Gasteiger partial charge in [0.2, 0.25) is 4.77 Å². The second-order valence-corrected chi connectivity index (χ2v) is 4.88. The third-order valence-electron chi connectivity index (χ3n) is 3.13. The first-order chi connectivity index (χ1) is 10.1. The lowest BCUT2D eigenvalue weighted by molar-refractivity contribution is -0.137. The van der Waals surface area contributed by atoms with E-state index in [1.54, 1.807) is 4.68 Å². The van der Waals surface area contributed by atoms with Crippen LogP contribution in [0.1, 0.15) is 19.8 Å². The average molecular weight is 307 g/mol. The monoisotopic (exact) mass is 307 g/mol. The standard InChI is InChI=1S/C13H17N5O2S/c1-2-17(8-4-7-12(19)20)10-5-3-6-11(9-10)18-13(21)14-15-16-18/h3,5-6,9H,2,4,7-8H2,1H3,(H,19,20)(H,14,16,21). The summed E-state index contributed by atoms with van der Waals surface area (Å²) in [5.41, 5.74) is 1.86. The Kier molecular flexibility index (Phi) is 5.04. The van der Waals surface area contributed by atoms with Crippen molar-refractivity contribution in [1.29, 1.82) is 0 Å². The second kappa shape index (κ2) is 6.98. The molecule has 0 radical (unpaired) electrons. The van der Waals surface area contributed by atoms with Crippen molar-refractivity contribution >= 4 is 23.9 Å². The maximum Gasteiger partial charge on any atom is 0.303 e. The van der Waals surface area contributed by atoms with Gasteiger partial charge in [-0.15, -0.1) is 0 Å². The van der Waals surface area contributed by atoms with Gasteiger partial charge in [-0.25, -0.2) is 4.68 Å². The normalized spacial score (nSPS) is 10.5. The first-order valence-electron chi connectivity index (χ1n) is 6.69. The van der Waals surface area contributed by atoms with Crippen molar-refractivity contribution in [1.82, 2.24) is 20.2 Å². The number of carboxylic acids is 1. The van der Waals surface area contributed by atoms with Crippen LogP contribution in [0.5, 0.6) is 0 Å². The number of aliphatic carboxylic acids is 1. The van der Waals surface area contributed by atoms with Crippen LogP contribution in [0.15, 0.2) is 24.3 Å². The van der Waals surface area contributed by atoms with Crippen LogP contribution in [-0.2, 0) is 4.79 Å². The molecular weight excluding hydrogens is 290 g/mol. The lowest BCUT2D eigenvalue weighted by Crippen LogP contribution is -2.24. The Morgan fingerprint density at radius 1 is 1.52 bits per heavy atom. The van der Waals surface area contributed by atoms with Gasteiger partial charge < -0.3 is 10.0 Å². The lowest BCUT2D eigenvalue weighted by atomic mass is 10.2. The van der Waals surface area contributed by atoms with E-state index in [2.05, 4.69) is 20.4 Å². The molecule has 2 N–H and O–H groups in total. The van der Waals surface area contributed by atoms with Crippen LogP contribution in [-0.4, -0.2) is 44.4 Å². The molecule has 0 fully saturated rings. The van der Waals surface area contributed by atoms with Crippen LogP contribution in [0, 0.1) is 4.77 Å². The average Bonchev–Trinajstić information content (AvgIpc) is 2.90. The highest BCUT2D eigenvalue weighted by Crippen LogP contribution is 2.19. The van der Waals surface area contributed by atoms with E-state index in [-0.39, 0.29) is 6.42 Å². The lowest BCUT2D eigenvalue weighted by Gasteiger charge is -2.23. The van der Waals surface area contributed by atoms with Crippen LogP contribution in [0.2, 0.25) is 0 Å². The molecule has 1 aromatic carbocycles. The molecule has 0 aliphatic rings. The SMILES string of the molecule is CCN(CCCC(=O)O)c1cccc(-n2[nH]nnc2=S)c1. The summed E-state index contributed by atoms with van der Waals surface area (Å²) >= 11 is 5.08. The molecule has 0 saturated heterocycles. The zero-order valence-corrected chi connectivity index (χ0v) is 12.5. The number of hydrogen-bond donors (Lipinski definition) is 2. The molecule has 2 aromatic rings. The molecule has 112 valence electrons. The molecule has 0 aliphatic heterocycles. The maximum atomic E-state index is 10.6. The minimum atomic E-state index is -0.769. The van der Waals surface area contributed by atoms with Gasteiger partial charge >= 0.3 is 5.97 Å². The van der Waals surface area contributed by atoms with Crippen molar-refractivity contribution in [2.75, 3.05) is 18.0 Å². The van der Waals surface area contributed by atoms with Gasteiger partial charge in [-0.3, -0.25) is 4.79 Å². The van der Waals surface area contributed by atoms with E-state index >= 15 is 0 Å². The zero-order valence-electron chi connectivity index (χ0n) is 11.7. The molecule has 2 rings (SSSR count). The van der Waals surface area contributed by atoms with Crippen molar-refractivity contribution in [3.63, 3.8) is 0 Å². The fraction of sp³-hybridized carbons (Fsp3) is 0.385. The predicted octanol–water partition coefficient (Wildman–Crippen LogP) is 2.02. The van der Waals surface area contributed by atoms with Gasteiger partial charge in [0.15, 0.2) is 0 Å². The molecule has 1 heterocycles. The Labute approximate surface area is 127 Å². The minimum absolute atomic E-state index is 0.172. The number of nitrogens with zero attached hydrogens (tertiary/aromatic N) is 4. The molecule has 7 nitrogen and oxygen atoms in total. The van der Waals surface area contributed by atoms with Crippen molar-refractivity contribution in [2.45, 2.75) is 19.8 Å². The van der Waals surface area contributed by atoms with E-state index in [0.717, 1.165) is 17.9 Å².